The van der Waals surface area contributed by atoms with Crippen molar-refractivity contribution in [2.24, 2.45) is 0 Å². The maximum Gasteiger partial charge on any atom is 0.261 e. The summed E-state index contributed by atoms with van der Waals surface area (Å²) in [6.07, 6.45) is 4.54. The number of amides is 2. The molecule has 0 spiro atoms. The van der Waals surface area contributed by atoms with Crippen LogP contribution in [0.4, 0.5) is 0 Å². The van der Waals surface area contributed by atoms with Gasteiger partial charge < -0.3 is 15.0 Å². The number of aromatic nitrogens is 2. The lowest BCUT2D eigenvalue weighted by Crippen LogP contribution is -2.27. The summed E-state index contributed by atoms with van der Waals surface area (Å²) >= 11 is 7.33. The number of hydrogen-bond donors (Lipinski definition) is 2. The highest BCUT2D eigenvalue weighted by Gasteiger charge is 2.07. The van der Waals surface area contributed by atoms with Gasteiger partial charge in [0.15, 0.2) is 0 Å². The van der Waals surface area contributed by atoms with Crippen molar-refractivity contribution in [3.63, 3.8) is 0 Å². The summed E-state index contributed by atoms with van der Waals surface area (Å²) in [6, 6.07) is 7.20. The molecule has 6 nitrogen and oxygen atoms in total. The molecule has 0 aromatic carbocycles. The number of imidazole rings is 1. The molecule has 130 valence electrons. The van der Waals surface area contributed by atoms with E-state index >= 15 is 0 Å². The van der Waals surface area contributed by atoms with Gasteiger partial charge in [0.2, 0.25) is 5.91 Å². The molecule has 0 aliphatic carbocycles. The molecule has 3 rings (SSSR count). The first-order chi connectivity index (χ1) is 12.1. The van der Waals surface area contributed by atoms with E-state index in [2.05, 4.69) is 15.6 Å². The van der Waals surface area contributed by atoms with Crippen LogP contribution in [0.3, 0.4) is 0 Å². The molecule has 8 heteroatoms. The first kappa shape index (κ1) is 17.4. The number of halogens is 1. The van der Waals surface area contributed by atoms with E-state index in [4.69, 9.17) is 11.6 Å². The van der Waals surface area contributed by atoms with E-state index in [9.17, 15) is 9.59 Å². The van der Waals surface area contributed by atoms with Gasteiger partial charge in [-0.3, -0.25) is 9.59 Å². The number of fused-ring (bicyclic) bond motifs is 1. The standard InChI is InChI=1S/C17H17ClN4O2S/c18-12-5-6-15-21-13(11-22(15)10-12)9-20-16(23)4-1-7-19-17(24)14-3-2-8-25-14/h2-3,5-6,8,10-11H,1,4,7,9H2,(H,19,24)(H,20,23). The Hall–Kier alpha value is -2.38. The van der Waals surface area contributed by atoms with Gasteiger partial charge in [0.05, 0.1) is 22.1 Å². The Labute approximate surface area is 153 Å². The molecule has 0 aliphatic heterocycles. The molecule has 0 saturated carbocycles. The maximum absolute atomic E-state index is 11.9. The second-order valence-electron chi connectivity index (χ2n) is 5.46. The molecule has 25 heavy (non-hydrogen) atoms. The number of thiophene rings is 1. The Bertz CT molecular complexity index is 876. The minimum absolute atomic E-state index is 0.0690. The number of pyridine rings is 1. The summed E-state index contributed by atoms with van der Waals surface area (Å²) in [5.74, 6) is -0.167. The van der Waals surface area contributed by atoms with Gasteiger partial charge in [-0.05, 0) is 30.0 Å². The fraction of sp³-hybridized carbons (Fsp3) is 0.235. The molecule has 3 aromatic heterocycles. The topological polar surface area (TPSA) is 75.5 Å². The highest BCUT2D eigenvalue weighted by Crippen LogP contribution is 2.11. The number of hydrogen-bond acceptors (Lipinski definition) is 4. The number of nitrogens with one attached hydrogen (secondary N) is 2. The van der Waals surface area contributed by atoms with E-state index in [1.807, 2.05) is 28.1 Å². The molecule has 0 fully saturated rings. The van der Waals surface area contributed by atoms with Crippen LogP contribution in [0.2, 0.25) is 5.02 Å². The molecule has 2 N–H and O–H groups in total. The van der Waals surface area contributed by atoms with Gasteiger partial charge in [0.1, 0.15) is 5.65 Å². The minimum atomic E-state index is -0.0984. The summed E-state index contributed by atoms with van der Waals surface area (Å²) in [4.78, 5) is 28.7. The Balaban J connectivity index is 1.38. The van der Waals surface area contributed by atoms with Crippen LogP contribution in [0, 0.1) is 0 Å². The summed E-state index contributed by atoms with van der Waals surface area (Å²) in [5, 5.41) is 8.12. The quantitative estimate of drug-likeness (QED) is 0.622. The molecule has 0 unspecified atom stereocenters. The second kappa shape index (κ2) is 8.13. The molecule has 0 atom stereocenters. The third-order valence-corrected chi connectivity index (χ3v) is 4.63. The maximum atomic E-state index is 11.9. The van der Waals surface area contributed by atoms with Crippen molar-refractivity contribution in [1.82, 2.24) is 20.0 Å². The van der Waals surface area contributed by atoms with Crippen LogP contribution >= 0.6 is 22.9 Å². The zero-order chi connectivity index (χ0) is 17.6. The van der Waals surface area contributed by atoms with Gasteiger partial charge >= 0.3 is 0 Å². The lowest BCUT2D eigenvalue weighted by Gasteiger charge is -2.04. The lowest BCUT2D eigenvalue weighted by molar-refractivity contribution is -0.121. The van der Waals surface area contributed by atoms with Crippen molar-refractivity contribution in [2.45, 2.75) is 19.4 Å². The summed E-state index contributed by atoms with van der Waals surface area (Å²) < 4.78 is 1.82. The Morgan fingerprint density at radius 2 is 2.08 bits per heavy atom. The van der Waals surface area contributed by atoms with Crippen LogP contribution in [0.5, 0.6) is 0 Å². The monoisotopic (exact) mass is 376 g/mol. The molecule has 0 aliphatic rings. The third-order valence-electron chi connectivity index (χ3n) is 3.54. The van der Waals surface area contributed by atoms with Gasteiger partial charge in [-0.1, -0.05) is 17.7 Å². The lowest BCUT2D eigenvalue weighted by atomic mass is 10.3. The Morgan fingerprint density at radius 3 is 2.88 bits per heavy atom. The zero-order valence-electron chi connectivity index (χ0n) is 13.4. The first-order valence-corrected chi connectivity index (χ1v) is 9.09. The zero-order valence-corrected chi connectivity index (χ0v) is 14.9. The largest absolute Gasteiger partial charge is 0.351 e. The smallest absolute Gasteiger partial charge is 0.261 e. The minimum Gasteiger partial charge on any atom is -0.351 e. The number of carbonyl (C=O) groups is 2. The molecule has 0 bridgehead atoms. The highest BCUT2D eigenvalue weighted by molar-refractivity contribution is 7.12. The Morgan fingerprint density at radius 1 is 1.20 bits per heavy atom. The highest BCUT2D eigenvalue weighted by atomic mass is 35.5. The van der Waals surface area contributed by atoms with E-state index in [-0.39, 0.29) is 11.8 Å². The van der Waals surface area contributed by atoms with Crippen LogP contribution < -0.4 is 10.6 Å². The van der Waals surface area contributed by atoms with Crippen molar-refractivity contribution in [1.29, 1.82) is 0 Å². The average Bonchev–Trinajstić information content (AvgIpc) is 3.25. The van der Waals surface area contributed by atoms with Crippen LogP contribution in [0.15, 0.2) is 42.0 Å². The van der Waals surface area contributed by atoms with Crippen LogP contribution in [0.25, 0.3) is 5.65 Å². The molecular formula is C17H17ClN4O2S. The summed E-state index contributed by atoms with van der Waals surface area (Å²) in [7, 11) is 0. The number of rotatable bonds is 7. The van der Waals surface area contributed by atoms with Gasteiger partial charge in [0.25, 0.3) is 5.91 Å². The second-order valence-corrected chi connectivity index (χ2v) is 6.84. The van der Waals surface area contributed by atoms with Gasteiger partial charge in [-0.2, -0.15) is 0 Å². The van der Waals surface area contributed by atoms with Crippen LogP contribution in [0.1, 0.15) is 28.2 Å². The van der Waals surface area contributed by atoms with Crippen LogP contribution in [-0.2, 0) is 11.3 Å². The molecular weight excluding hydrogens is 360 g/mol. The predicted octanol–water partition coefficient (Wildman–Crippen LogP) is 2.88. The fourth-order valence-electron chi connectivity index (χ4n) is 2.33. The van der Waals surface area contributed by atoms with Crippen molar-refractivity contribution < 1.29 is 9.59 Å². The van der Waals surface area contributed by atoms with Gasteiger partial charge in [0, 0.05) is 25.4 Å². The molecule has 3 aromatic rings. The fourth-order valence-corrected chi connectivity index (χ4v) is 3.13. The number of carbonyl (C=O) groups excluding carboxylic acids is 2. The molecule has 0 radical (unpaired) electrons. The van der Waals surface area contributed by atoms with Crippen molar-refractivity contribution >= 4 is 40.4 Å². The van der Waals surface area contributed by atoms with Gasteiger partial charge in [-0.15, -0.1) is 11.3 Å². The molecule has 3 heterocycles. The van der Waals surface area contributed by atoms with E-state index in [1.165, 1.54) is 11.3 Å². The average molecular weight is 377 g/mol. The summed E-state index contributed by atoms with van der Waals surface area (Å²) in [5.41, 5.74) is 1.55. The van der Waals surface area contributed by atoms with Crippen LogP contribution in [-0.4, -0.2) is 27.7 Å². The first-order valence-electron chi connectivity index (χ1n) is 7.83. The van der Waals surface area contributed by atoms with Gasteiger partial charge in [-0.25, -0.2) is 4.98 Å². The van der Waals surface area contributed by atoms with Crippen molar-refractivity contribution in [3.8, 4) is 0 Å². The summed E-state index contributed by atoms with van der Waals surface area (Å²) in [6.45, 7) is 0.830. The van der Waals surface area contributed by atoms with E-state index in [0.717, 1.165) is 11.3 Å². The predicted molar refractivity (Wildman–Crippen MR) is 97.9 cm³/mol. The third kappa shape index (κ3) is 4.80. The number of nitrogens with zero attached hydrogens (tertiary/aromatic N) is 2. The van der Waals surface area contributed by atoms with E-state index in [0.29, 0.717) is 35.8 Å². The van der Waals surface area contributed by atoms with Crippen molar-refractivity contribution in [3.05, 3.63) is 57.6 Å². The molecule has 2 amide bonds. The van der Waals surface area contributed by atoms with Crippen molar-refractivity contribution in [2.75, 3.05) is 6.54 Å². The SMILES string of the molecule is O=C(CCCNC(=O)c1cccs1)NCc1cn2cc(Cl)ccc2n1. The molecule has 0 saturated heterocycles. The van der Waals surface area contributed by atoms with E-state index in [1.54, 1.807) is 18.3 Å². The van der Waals surface area contributed by atoms with E-state index < -0.39 is 0 Å². The normalized spacial score (nSPS) is 10.8. The Kier molecular flexibility index (Phi) is 5.67.